The molecule has 3 aliphatic rings. The Balaban J connectivity index is 2.13. The number of amides is 1. The molecule has 0 aromatic carbocycles. The van der Waals surface area contributed by atoms with Crippen LogP contribution in [-0.4, -0.2) is 54.5 Å². The molecule has 6 nitrogen and oxygen atoms in total. The van der Waals surface area contributed by atoms with Crippen molar-refractivity contribution in [3.63, 3.8) is 0 Å². The summed E-state index contributed by atoms with van der Waals surface area (Å²) in [5.41, 5.74) is -1.32. The number of hydrogen-bond acceptors (Lipinski definition) is 4. The maximum absolute atomic E-state index is 11.8. The molecule has 3 rings (SSSR count). The molecule has 1 saturated carbocycles. The molecule has 0 aromatic heterocycles. The Bertz CT molecular complexity index is 386. The van der Waals surface area contributed by atoms with E-state index in [1.165, 1.54) is 11.0 Å². The molecule has 0 unspecified atom stereocenters. The lowest BCUT2D eigenvalue weighted by molar-refractivity contribution is -0.155. The molecule has 0 aromatic rings. The SMILES string of the molecule is C=CCOC(=O)N1CC2(COC)CC1(C(=O)O)C2. The van der Waals surface area contributed by atoms with E-state index < -0.39 is 17.6 Å². The molecule has 18 heavy (non-hydrogen) atoms. The molecule has 1 amide bonds. The smallest absolute Gasteiger partial charge is 0.411 e. The van der Waals surface area contributed by atoms with Crippen molar-refractivity contribution in [1.82, 2.24) is 4.90 Å². The van der Waals surface area contributed by atoms with Crippen LogP contribution in [0.5, 0.6) is 0 Å². The average Bonchev–Trinajstić information content (AvgIpc) is 2.77. The normalized spacial score (nSPS) is 32.8. The zero-order valence-electron chi connectivity index (χ0n) is 10.3. The highest BCUT2D eigenvalue weighted by Crippen LogP contribution is 2.59. The molecular weight excluding hydrogens is 238 g/mol. The predicted molar refractivity (Wildman–Crippen MR) is 62.2 cm³/mol. The summed E-state index contributed by atoms with van der Waals surface area (Å²) in [6, 6.07) is 0. The number of carbonyl (C=O) groups excluding carboxylic acids is 1. The quantitative estimate of drug-likeness (QED) is 0.738. The molecule has 3 fully saturated rings. The van der Waals surface area contributed by atoms with E-state index >= 15 is 0 Å². The van der Waals surface area contributed by atoms with E-state index in [0.717, 1.165) is 0 Å². The minimum Gasteiger partial charge on any atom is -0.479 e. The van der Waals surface area contributed by atoms with Crippen LogP contribution in [0.4, 0.5) is 4.79 Å². The van der Waals surface area contributed by atoms with E-state index in [1.807, 2.05) is 0 Å². The van der Waals surface area contributed by atoms with E-state index in [2.05, 4.69) is 6.58 Å². The van der Waals surface area contributed by atoms with Crippen LogP contribution < -0.4 is 0 Å². The van der Waals surface area contributed by atoms with Gasteiger partial charge in [-0.1, -0.05) is 12.7 Å². The Hall–Kier alpha value is -1.56. The predicted octanol–water partition coefficient (Wildman–Crippen LogP) is 0.875. The number of methoxy groups -OCH3 is 1. The highest BCUT2D eigenvalue weighted by atomic mass is 16.6. The van der Waals surface area contributed by atoms with Crippen LogP contribution in [0.25, 0.3) is 0 Å². The van der Waals surface area contributed by atoms with Crippen molar-refractivity contribution in [1.29, 1.82) is 0 Å². The first kappa shape index (κ1) is 12.9. The molecule has 0 atom stereocenters. The summed E-state index contributed by atoms with van der Waals surface area (Å²) < 4.78 is 10.0. The number of fused-ring (bicyclic) bond motifs is 1. The average molecular weight is 255 g/mol. The van der Waals surface area contributed by atoms with Gasteiger partial charge in [-0.15, -0.1) is 0 Å². The van der Waals surface area contributed by atoms with Gasteiger partial charge in [0.25, 0.3) is 0 Å². The molecule has 2 aliphatic heterocycles. The fourth-order valence-electron chi connectivity index (χ4n) is 3.15. The second-order valence-electron chi connectivity index (χ2n) is 5.08. The maximum atomic E-state index is 11.8. The molecule has 1 aliphatic carbocycles. The van der Waals surface area contributed by atoms with E-state index in [0.29, 0.717) is 26.0 Å². The van der Waals surface area contributed by atoms with Crippen molar-refractivity contribution in [2.75, 3.05) is 26.9 Å². The minimum atomic E-state index is -1.10. The van der Waals surface area contributed by atoms with Crippen molar-refractivity contribution in [3.05, 3.63) is 12.7 Å². The van der Waals surface area contributed by atoms with Crippen LogP contribution in [0, 0.1) is 5.41 Å². The highest BCUT2D eigenvalue weighted by molar-refractivity contribution is 5.87. The van der Waals surface area contributed by atoms with Crippen molar-refractivity contribution in [2.24, 2.45) is 5.41 Å². The first-order valence-electron chi connectivity index (χ1n) is 5.77. The number of carboxylic acid groups (broad SMARTS) is 1. The van der Waals surface area contributed by atoms with E-state index in [-0.39, 0.29) is 12.0 Å². The summed E-state index contributed by atoms with van der Waals surface area (Å²) in [4.78, 5) is 24.6. The van der Waals surface area contributed by atoms with Gasteiger partial charge in [0, 0.05) is 19.1 Å². The van der Waals surface area contributed by atoms with Crippen LogP contribution in [0.15, 0.2) is 12.7 Å². The Labute approximate surface area is 105 Å². The standard InChI is InChI=1S/C12H17NO5/c1-3-4-18-10(16)13-7-11(8-17-2)5-12(13,6-11)9(14)15/h3H,1,4-8H2,2H3,(H,14,15). The van der Waals surface area contributed by atoms with Gasteiger partial charge in [-0.3, -0.25) is 4.90 Å². The number of carboxylic acids is 1. The van der Waals surface area contributed by atoms with Gasteiger partial charge in [-0.05, 0) is 12.8 Å². The van der Waals surface area contributed by atoms with Crippen LogP contribution in [-0.2, 0) is 14.3 Å². The number of ether oxygens (including phenoxy) is 2. The first-order chi connectivity index (χ1) is 8.49. The lowest BCUT2D eigenvalue weighted by Crippen LogP contribution is -2.57. The van der Waals surface area contributed by atoms with Gasteiger partial charge in [-0.2, -0.15) is 0 Å². The van der Waals surface area contributed by atoms with Crippen LogP contribution in [0.1, 0.15) is 12.8 Å². The molecule has 2 saturated heterocycles. The largest absolute Gasteiger partial charge is 0.479 e. The van der Waals surface area contributed by atoms with Gasteiger partial charge in [0.15, 0.2) is 0 Å². The fourth-order valence-corrected chi connectivity index (χ4v) is 3.15. The van der Waals surface area contributed by atoms with Gasteiger partial charge in [0.1, 0.15) is 12.1 Å². The Morgan fingerprint density at radius 1 is 1.50 bits per heavy atom. The Kier molecular flexibility index (Phi) is 3.06. The number of hydrogen-bond donors (Lipinski definition) is 1. The zero-order valence-corrected chi connectivity index (χ0v) is 10.3. The van der Waals surface area contributed by atoms with Gasteiger partial charge >= 0.3 is 12.1 Å². The molecule has 0 radical (unpaired) electrons. The first-order valence-corrected chi connectivity index (χ1v) is 5.77. The third-order valence-electron chi connectivity index (χ3n) is 3.74. The van der Waals surface area contributed by atoms with Crippen LogP contribution >= 0.6 is 0 Å². The van der Waals surface area contributed by atoms with Crippen molar-refractivity contribution in [3.8, 4) is 0 Å². The topological polar surface area (TPSA) is 76.1 Å². The van der Waals surface area contributed by atoms with Gasteiger partial charge < -0.3 is 14.6 Å². The number of rotatable bonds is 5. The van der Waals surface area contributed by atoms with E-state index in [1.54, 1.807) is 7.11 Å². The summed E-state index contributed by atoms with van der Waals surface area (Å²) in [6.07, 6.45) is 1.74. The third-order valence-corrected chi connectivity index (χ3v) is 3.74. The molecule has 0 spiro atoms. The summed E-state index contributed by atoms with van der Waals surface area (Å²) in [5, 5.41) is 9.33. The van der Waals surface area contributed by atoms with E-state index in [4.69, 9.17) is 9.47 Å². The van der Waals surface area contributed by atoms with Gasteiger partial charge in [0.2, 0.25) is 0 Å². The van der Waals surface area contributed by atoms with Crippen LogP contribution in [0.2, 0.25) is 0 Å². The Morgan fingerprint density at radius 2 is 2.17 bits per heavy atom. The van der Waals surface area contributed by atoms with Gasteiger partial charge in [0.05, 0.1) is 6.61 Å². The number of nitrogens with zero attached hydrogens (tertiary/aromatic N) is 1. The number of carbonyl (C=O) groups is 2. The summed E-state index contributed by atoms with van der Waals surface area (Å²) in [6.45, 7) is 4.38. The lowest BCUT2D eigenvalue weighted by Gasteiger charge is -2.43. The Morgan fingerprint density at radius 3 is 2.67 bits per heavy atom. The molecule has 100 valence electrons. The summed E-state index contributed by atoms with van der Waals surface area (Å²) >= 11 is 0. The summed E-state index contributed by atoms with van der Waals surface area (Å²) in [7, 11) is 1.58. The van der Waals surface area contributed by atoms with E-state index in [9.17, 15) is 14.7 Å². The molecular formula is C12H17NO5. The minimum absolute atomic E-state index is 0.0856. The second kappa shape index (κ2) is 4.28. The van der Waals surface area contributed by atoms with Crippen molar-refractivity contribution < 1.29 is 24.2 Å². The molecule has 2 heterocycles. The third kappa shape index (κ3) is 1.68. The molecule has 2 bridgehead atoms. The number of aliphatic carboxylic acids is 1. The molecule has 6 heteroatoms. The lowest BCUT2D eigenvalue weighted by atomic mass is 9.62. The maximum Gasteiger partial charge on any atom is 0.411 e. The summed E-state index contributed by atoms with van der Waals surface area (Å²) in [5.74, 6) is -0.970. The fraction of sp³-hybridized carbons (Fsp3) is 0.667. The van der Waals surface area contributed by atoms with Gasteiger partial charge in [-0.25, -0.2) is 9.59 Å². The second-order valence-corrected chi connectivity index (χ2v) is 5.08. The van der Waals surface area contributed by atoms with Crippen LogP contribution in [0.3, 0.4) is 0 Å². The highest BCUT2D eigenvalue weighted by Gasteiger charge is 2.71. The monoisotopic (exact) mass is 255 g/mol. The van der Waals surface area contributed by atoms with Crippen molar-refractivity contribution >= 4 is 12.1 Å². The molecule has 1 N–H and O–H groups in total. The zero-order chi connectivity index (χ0) is 13.4. The van der Waals surface area contributed by atoms with Crippen molar-refractivity contribution in [2.45, 2.75) is 18.4 Å².